The van der Waals surface area contributed by atoms with Crippen LogP contribution in [0.4, 0.5) is 5.69 Å². The molecule has 0 aliphatic heterocycles. The Hall–Kier alpha value is -3.69. The van der Waals surface area contributed by atoms with Crippen LogP contribution in [0.25, 0.3) is 0 Å². The molecular formula is C26H29N3O5S. The Morgan fingerprint density at radius 2 is 1.40 bits per heavy atom. The van der Waals surface area contributed by atoms with Crippen LogP contribution < -0.4 is 15.4 Å². The summed E-state index contributed by atoms with van der Waals surface area (Å²) in [6, 6.07) is 22.5. The van der Waals surface area contributed by atoms with Gasteiger partial charge in [-0.15, -0.1) is 0 Å². The fourth-order valence-corrected chi connectivity index (χ4v) is 4.82. The molecule has 3 aromatic rings. The molecule has 2 amide bonds. The van der Waals surface area contributed by atoms with Gasteiger partial charge < -0.3 is 15.4 Å². The number of sulfonamides is 1. The Labute approximate surface area is 206 Å². The Bertz CT molecular complexity index is 1220. The van der Waals surface area contributed by atoms with E-state index in [0.29, 0.717) is 36.7 Å². The first-order valence-electron chi connectivity index (χ1n) is 11.3. The van der Waals surface area contributed by atoms with Gasteiger partial charge in [0.05, 0.1) is 4.90 Å². The zero-order valence-electron chi connectivity index (χ0n) is 19.7. The van der Waals surface area contributed by atoms with Crippen molar-refractivity contribution >= 4 is 27.5 Å². The third-order valence-electron chi connectivity index (χ3n) is 5.26. The highest BCUT2D eigenvalue weighted by molar-refractivity contribution is 7.89. The van der Waals surface area contributed by atoms with E-state index in [9.17, 15) is 18.0 Å². The lowest BCUT2D eigenvalue weighted by molar-refractivity contribution is -0.136. The minimum absolute atomic E-state index is 0.230. The maximum Gasteiger partial charge on any atom is 0.313 e. The van der Waals surface area contributed by atoms with E-state index in [0.717, 1.165) is 5.56 Å². The number of hydrogen-bond acceptors (Lipinski definition) is 5. The van der Waals surface area contributed by atoms with Crippen molar-refractivity contribution in [3.05, 3.63) is 84.4 Å². The molecule has 0 atom stereocenters. The van der Waals surface area contributed by atoms with Crippen LogP contribution in [0.2, 0.25) is 0 Å². The summed E-state index contributed by atoms with van der Waals surface area (Å²) in [5, 5.41) is 5.12. The minimum atomic E-state index is -3.51. The van der Waals surface area contributed by atoms with E-state index in [1.807, 2.05) is 30.3 Å². The predicted octanol–water partition coefficient (Wildman–Crippen LogP) is 3.81. The highest BCUT2D eigenvalue weighted by Gasteiger charge is 2.21. The average Bonchev–Trinajstić information content (AvgIpc) is 2.86. The zero-order valence-corrected chi connectivity index (χ0v) is 20.5. The summed E-state index contributed by atoms with van der Waals surface area (Å²) in [5.74, 6) is -0.226. The van der Waals surface area contributed by atoms with Crippen molar-refractivity contribution in [3.63, 3.8) is 0 Å². The highest BCUT2D eigenvalue weighted by Crippen LogP contribution is 2.22. The molecule has 2 N–H and O–H groups in total. The van der Waals surface area contributed by atoms with E-state index in [-0.39, 0.29) is 11.4 Å². The molecule has 0 aromatic heterocycles. The molecule has 35 heavy (non-hydrogen) atoms. The van der Waals surface area contributed by atoms with Crippen molar-refractivity contribution < 1.29 is 22.7 Å². The van der Waals surface area contributed by atoms with Crippen molar-refractivity contribution in [1.82, 2.24) is 9.62 Å². The van der Waals surface area contributed by atoms with Crippen molar-refractivity contribution in [1.29, 1.82) is 0 Å². The largest absolute Gasteiger partial charge is 0.457 e. The summed E-state index contributed by atoms with van der Waals surface area (Å²) in [4.78, 5) is 24.6. The number of carbonyl (C=O) groups excluding carboxylic acids is 2. The summed E-state index contributed by atoms with van der Waals surface area (Å²) in [5.41, 5.74) is 1.31. The standard InChI is InChI=1S/C26H29N3O5S/c1-3-29(4-2)35(32,33)24-16-10-20(11-17-24)18-19-27-25(30)26(31)28-21-12-14-23(15-13-21)34-22-8-6-5-7-9-22/h5-17H,3-4,18-19H2,1-2H3,(H,27,30)(H,28,31). The quantitative estimate of drug-likeness (QED) is 0.416. The molecule has 0 heterocycles. The van der Waals surface area contributed by atoms with Crippen molar-refractivity contribution in [2.75, 3.05) is 25.0 Å². The smallest absolute Gasteiger partial charge is 0.313 e. The second kappa shape index (κ2) is 12.1. The van der Waals surface area contributed by atoms with Crippen molar-refractivity contribution in [2.24, 2.45) is 0 Å². The van der Waals surface area contributed by atoms with Crippen LogP contribution in [0.3, 0.4) is 0 Å². The van der Waals surface area contributed by atoms with Gasteiger partial charge in [-0.25, -0.2) is 8.42 Å². The molecule has 0 saturated heterocycles. The molecule has 9 heteroatoms. The second-order valence-corrected chi connectivity index (χ2v) is 9.57. The van der Waals surface area contributed by atoms with Crippen molar-refractivity contribution in [2.45, 2.75) is 25.2 Å². The third kappa shape index (κ3) is 7.14. The summed E-state index contributed by atoms with van der Waals surface area (Å²) in [7, 11) is -3.51. The predicted molar refractivity (Wildman–Crippen MR) is 135 cm³/mol. The van der Waals surface area contributed by atoms with Crippen molar-refractivity contribution in [3.8, 4) is 11.5 Å². The monoisotopic (exact) mass is 495 g/mol. The molecule has 184 valence electrons. The number of hydrogen-bond donors (Lipinski definition) is 2. The van der Waals surface area contributed by atoms with Crippen LogP contribution in [0.1, 0.15) is 19.4 Å². The molecular weight excluding hydrogens is 466 g/mol. The second-order valence-electron chi connectivity index (χ2n) is 7.63. The van der Waals surface area contributed by atoms with E-state index in [2.05, 4.69) is 10.6 Å². The van der Waals surface area contributed by atoms with E-state index in [1.54, 1.807) is 62.4 Å². The number of nitrogens with one attached hydrogen (secondary N) is 2. The van der Waals surface area contributed by atoms with Gasteiger partial charge in [0.15, 0.2) is 0 Å². The van der Waals surface area contributed by atoms with Gasteiger partial charge in [0, 0.05) is 25.3 Å². The normalized spacial score (nSPS) is 11.2. The summed E-state index contributed by atoms with van der Waals surface area (Å²) in [6.45, 7) is 4.63. The lowest BCUT2D eigenvalue weighted by Crippen LogP contribution is -2.36. The SMILES string of the molecule is CCN(CC)S(=O)(=O)c1ccc(CCNC(=O)C(=O)Nc2ccc(Oc3ccccc3)cc2)cc1. The molecule has 0 unspecified atom stereocenters. The third-order valence-corrected chi connectivity index (χ3v) is 7.33. The molecule has 3 rings (SSSR count). The van der Waals surface area contributed by atoms with Gasteiger partial charge in [0.25, 0.3) is 0 Å². The van der Waals surface area contributed by atoms with E-state index in [1.165, 1.54) is 4.31 Å². The van der Waals surface area contributed by atoms with Crippen LogP contribution in [0, 0.1) is 0 Å². The van der Waals surface area contributed by atoms with Crippen LogP contribution in [0.5, 0.6) is 11.5 Å². The van der Waals surface area contributed by atoms with Gasteiger partial charge >= 0.3 is 11.8 Å². The van der Waals surface area contributed by atoms with E-state index >= 15 is 0 Å². The number of rotatable bonds is 10. The molecule has 3 aromatic carbocycles. The number of ether oxygens (including phenoxy) is 1. The molecule has 0 fully saturated rings. The minimum Gasteiger partial charge on any atom is -0.457 e. The number of carbonyl (C=O) groups is 2. The summed E-state index contributed by atoms with van der Waals surface area (Å²) >= 11 is 0. The number of nitrogens with zero attached hydrogens (tertiary/aromatic N) is 1. The molecule has 0 aliphatic carbocycles. The first kappa shape index (κ1) is 25.9. The van der Waals surface area contributed by atoms with Crippen LogP contribution in [-0.4, -0.2) is 44.2 Å². The van der Waals surface area contributed by atoms with E-state index in [4.69, 9.17) is 4.74 Å². The van der Waals surface area contributed by atoms with Crippen LogP contribution >= 0.6 is 0 Å². The Morgan fingerprint density at radius 1 is 0.800 bits per heavy atom. The fraction of sp³-hybridized carbons (Fsp3) is 0.231. The first-order valence-corrected chi connectivity index (χ1v) is 12.8. The fourth-order valence-electron chi connectivity index (χ4n) is 3.36. The van der Waals surface area contributed by atoms with Crippen LogP contribution in [0.15, 0.2) is 83.8 Å². The van der Waals surface area contributed by atoms with Crippen LogP contribution in [-0.2, 0) is 26.0 Å². The molecule has 0 bridgehead atoms. The number of para-hydroxylation sites is 1. The molecule has 0 spiro atoms. The summed E-state index contributed by atoms with van der Waals surface area (Å²) < 4.78 is 32.2. The summed E-state index contributed by atoms with van der Waals surface area (Å²) in [6.07, 6.45) is 0.455. The highest BCUT2D eigenvalue weighted by atomic mass is 32.2. The topological polar surface area (TPSA) is 105 Å². The Morgan fingerprint density at radius 3 is 2.00 bits per heavy atom. The first-order chi connectivity index (χ1) is 16.8. The molecule has 0 aliphatic rings. The molecule has 0 saturated carbocycles. The lowest BCUT2D eigenvalue weighted by Gasteiger charge is -2.18. The number of amides is 2. The number of benzene rings is 3. The maximum atomic E-state index is 12.6. The van der Waals surface area contributed by atoms with Gasteiger partial charge in [0.2, 0.25) is 10.0 Å². The zero-order chi connectivity index (χ0) is 25.3. The molecule has 0 radical (unpaired) electrons. The van der Waals surface area contributed by atoms with Gasteiger partial charge in [-0.05, 0) is 60.5 Å². The van der Waals surface area contributed by atoms with Gasteiger partial charge in [-0.1, -0.05) is 44.2 Å². The Balaban J connectivity index is 1.46. The van der Waals surface area contributed by atoms with E-state index < -0.39 is 21.8 Å². The molecule has 8 nitrogen and oxygen atoms in total. The van der Waals surface area contributed by atoms with Gasteiger partial charge in [-0.2, -0.15) is 4.31 Å². The maximum absolute atomic E-state index is 12.6. The van der Waals surface area contributed by atoms with Gasteiger partial charge in [0.1, 0.15) is 11.5 Å². The van der Waals surface area contributed by atoms with Gasteiger partial charge in [-0.3, -0.25) is 9.59 Å². The lowest BCUT2D eigenvalue weighted by atomic mass is 10.1. The number of anilines is 1. The average molecular weight is 496 g/mol. The Kier molecular flexibility index (Phi) is 8.99.